The van der Waals surface area contributed by atoms with Crippen molar-refractivity contribution in [2.45, 2.75) is 52.4 Å². The van der Waals surface area contributed by atoms with Crippen LogP contribution in [0, 0.1) is 6.92 Å². The highest BCUT2D eigenvalue weighted by Crippen LogP contribution is 2.42. The Hall–Kier alpha value is -2.53. The zero-order chi connectivity index (χ0) is 20.3. The summed E-state index contributed by atoms with van der Waals surface area (Å²) in [6, 6.07) is 11.6. The van der Waals surface area contributed by atoms with Gasteiger partial charge in [-0.2, -0.15) is 0 Å². The fourth-order valence-electron chi connectivity index (χ4n) is 3.28. The van der Waals surface area contributed by atoms with Crippen molar-refractivity contribution >= 4 is 19.3 Å². The lowest BCUT2D eigenvalue weighted by Crippen LogP contribution is -2.43. The van der Waals surface area contributed by atoms with E-state index in [4.69, 9.17) is 13.6 Å². The van der Waals surface area contributed by atoms with Gasteiger partial charge in [-0.05, 0) is 48.8 Å². The van der Waals surface area contributed by atoms with E-state index in [2.05, 4.69) is 33.9 Å². The van der Waals surface area contributed by atoms with Crippen molar-refractivity contribution in [3.63, 3.8) is 0 Å². The maximum Gasteiger partial charge on any atom is 0.344 e. The van der Waals surface area contributed by atoms with Gasteiger partial charge in [-0.25, -0.2) is 4.79 Å². The molecule has 0 aliphatic carbocycles. The normalized spacial score (nSPS) is 13.6. The van der Waals surface area contributed by atoms with Crippen molar-refractivity contribution in [2.75, 3.05) is 0 Å². The van der Waals surface area contributed by atoms with Crippen molar-refractivity contribution in [2.24, 2.45) is 0 Å². The number of fused-ring (bicyclic) bond motifs is 5. The minimum absolute atomic E-state index is 0.106. The largest absolute Gasteiger partial charge is 0.543 e. The summed E-state index contributed by atoms with van der Waals surface area (Å²) in [4.78, 5) is 12.8. The van der Waals surface area contributed by atoms with E-state index in [0.29, 0.717) is 23.5 Å². The van der Waals surface area contributed by atoms with Gasteiger partial charge in [0.15, 0.2) is 0 Å². The lowest BCUT2D eigenvalue weighted by Gasteiger charge is -2.36. The molecule has 0 unspecified atom stereocenters. The quantitative estimate of drug-likeness (QED) is 0.392. The summed E-state index contributed by atoms with van der Waals surface area (Å²) in [5.74, 6) is 1.46. The van der Waals surface area contributed by atoms with Crippen LogP contribution in [-0.2, 0) is 6.61 Å². The van der Waals surface area contributed by atoms with Crippen LogP contribution >= 0.6 is 0 Å². The van der Waals surface area contributed by atoms with E-state index >= 15 is 0 Å². The van der Waals surface area contributed by atoms with Crippen LogP contribution in [0.25, 0.3) is 22.1 Å². The lowest BCUT2D eigenvalue weighted by molar-refractivity contribution is 0.301. The second kappa shape index (κ2) is 6.24. The Morgan fingerprint density at radius 1 is 1.07 bits per heavy atom. The van der Waals surface area contributed by atoms with Gasteiger partial charge in [0, 0.05) is 22.6 Å². The average molecular weight is 395 g/mol. The fraction of sp³-hybridized carbons (Fsp3) is 0.348. The van der Waals surface area contributed by atoms with Gasteiger partial charge in [0.2, 0.25) is 8.32 Å². The van der Waals surface area contributed by atoms with Crippen LogP contribution in [-0.4, -0.2) is 8.32 Å². The third kappa shape index (κ3) is 3.04. The molecule has 0 spiro atoms. The lowest BCUT2D eigenvalue weighted by atomic mass is 9.95. The highest BCUT2D eigenvalue weighted by molar-refractivity contribution is 6.74. The maximum absolute atomic E-state index is 12.8. The van der Waals surface area contributed by atoms with Gasteiger partial charge in [0.05, 0.1) is 5.56 Å². The Labute approximate surface area is 166 Å². The van der Waals surface area contributed by atoms with Crippen LogP contribution in [0.5, 0.6) is 11.5 Å². The number of hydrogen-bond acceptors (Lipinski definition) is 4. The van der Waals surface area contributed by atoms with Crippen molar-refractivity contribution in [3.8, 4) is 22.6 Å². The molecule has 1 aliphatic rings. The second-order valence-corrected chi connectivity index (χ2v) is 13.8. The van der Waals surface area contributed by atoms with Crippen LogP contribution in [0.2, 0.25) is 18.1 Å². The van der Waals surface area contributed by atoms with Crippen LogP contribution in [0.4, 0.5) is 0 Å². The third-order valence-corrected chi connectivity index (χ3v) is 10.3. The van der Waals surface area contributed by atoms with Crippen molar-refractivity contribution < 1.29 is 13.6 Å². The van der Waals surface area contributed by atoms with Crippen LogP contribution in [0.1, 0.15) is 31.9 Å². The van der Waals surface area contributed by atoms with Crippen molar-refractivity contribution in [1.29, 1.82) is 0 Å². The summed E-state index contributed by atoms with van der Waals surface area (Å²) >= 11 is 0. The van der Waals surface area contributed by atoms with Gasteiger partial charge in [0.1, 0.15) is 23.7 Å². The Balaban J connectivity index is 1.81. The molecule has 0 atom stereocenters. The summed E-state index contributed by atoms with van der Waals surface area (Å²) in [5, 5.41) is 1.03. The molecule has 0 bridgehead atoms. The van der Waals surface area contributed by atoms with Crippen LogP contribution in [0.3, 0.4) is 0 Å². The molecule has 1 aromatic heterocycles. The molecule has 4 rings (SSSR count). The number of benzene rings is 2. The highest BCUT2D eigenvalue weighted by atomic mass is 28.4. The van der Waals surface area contributed by atoms with Crippen LogP contribution < -0.4 is 14.8 Å². The van der Waals surface area contributed by atoms with E-state index in [-0.39, 0.29) is 10.7 Å². The van der Waals surface area contributed by atoms with E-state index in [1.165, 1.54) is 0 Å². The highest BCUT2D eigenvalue weighted by Gasteiger charge is 2.39. The Morgan fingerprint density at radius 3 is 2.54 bits per heavy atom. The number of hydrogen-bond donors (Lipinski definition) is 0. The molecular formula is C23H26O4Si. The predicted molar refractivity (Wildman–Crippen MR) is 115 cm³/mol. The average Bonchev–Trinajstić information content (AvgIpc) is 2.59. The molecule has 3 aromatic rings. The summed E-state index contributed by atoms with van der Waals surface area (Å²) in [6.07, 6.45) is 0. The molecule has 0 radical (unpaired) electrons. The Bertz CT molecular complexity index is 1140. The van der Waals surface area contributed by atoms with E-state index in [1.807, 2.05) is 43.3 Å². The molecule has 0 N–H and O–H groups in total. The third-order valence-electron chi connectivity index (χ3n) is 5.94. The molecule has 0 amide bonds. The number of ether oxygens (including phenoxy) is 1. The predicted octanol–water partition coefficient (Wildman–Crippen LogP) is 6.04. The van der Waals surface area contributed by atoms with E-state index in [9.17, 15) is 4.79 Å². The second-order valence-electron chi connectivity index (χ2n) is 9.05. The fourth-order valence-corrected chi connectivity index (χ4v) is 4.31. The summed E-state index contributed by atoms with van der Waals surface area (Å²) in [6.45, 7) is 13.4. The van der Waals surface area contributed by atoms with Crippen LogP contribution in [0.15, 0.2) is 45.6 Å². The molecule has 5 heteroatoms. The molecule has 146 valence electrons. The van der Waals surface area contributed by atoms with E-state index in [1.54, 1.807) is 0 Å². The molecule has 0 fully saturated rings. The zero-order valence-corrected chi connectivity index (χ0v) is 18.3. The monoisotopic (exact) mass is 394 g/mol. The van der Waals surface area contributed by atoms with Gasteiger partial charge in [-0.15, -0.1) is 0 Å². The number of aryl methyl sites for hydroxylation is 1. The van der Waals surface area contributed by atoms with Gasteiger partial charge < -0.3 is 13.6 Å². The first-order valence-electron chi connectivity index (χ1n) is 9.59. The topological polar surface area (TPSA) is 48.7 Å². The molecule has 0 saturated heterocycles. The standard InChI is InChI=1S/C23H26O4Si/c1-14-7-9-16-18-13-25-19-12-15(27-28(5,6)23(2,3)4)8-10-17(19)21(18)22(24)26-20(16)11-14/h7-12H,13H2,1-6H3. The van der Waals surface area contributed by atoms with Gasteiger partial charge in [-0.1, -0.05) is 32.9 Å². The molecule has 4 nitrogen and oxygen atoms in total. The smallest absolute Gasteiger partial charge is 0.344 e. The van der Waals surface area contributed by atoms with E-state index < -0.39 is 8.32 Å². The number of rotatable bonds is 2. The van der Waals surface area contributed by atoms with Crippen molar-refractivity contribution in [3.05, 3.63) is 57.9 Å². The first kappa shape index (κ1) is 18.8. The minimum Gasteiger partial charge on any atom is -0.543 e. The molecule has 2 aromatic carbocycles. The maximum atomic E-state index is 12.8. The molecule has 1 aliphatic heterocycles. The van der Waals surface area contributed by atoms with Gasteiger partial charge in [-0.3, -0.25) is 0 Å². The Kier molecular flexibility index (Phi) is 4.19. The van der Waals surface area contributed by atoms with Gasteiger partial charge in [0.25, 0.3) is 0 Å². The SMILES string of the molecule is Cc1ccc2c3c(c(=O)oc2c1)-c1ccc(O[Si](C)(C)C(C)(C)C)cc1OC3. The molecular weight excluding hydrogens is 368 g/mol. The van der Waals surface area contributed by atoms with E-state index in [0.717, 1.165) is 27.8 Å². The molecule has 2 heterocycles. The molecule has 28 heavy (non-hydrogen) atoms. The van der Waals surface area contributed by atoms with Crippen molar-refractivity contribution in [1.82, 2.24) is 0 Å². The summed E-state index contributed by atoms with van der Waals surface area (Å²) in [5.41, 5.74) is 3.58. The first-order chi connectivity index (χ1) is 13.1. The summed E-state index contributed by atoms with van der Waals surface area (Å²) in [7, 11) is -1.95. The van der Waals surface area contributed by atoms with Gasteiger partial charge >= 0.3 is 5.63 Å². The zero-order valence-electron chi connectivity index (χ0n) is 17.3. The minimum atomic E-state index is -1.95. The molecule has 0 saturated carbocycles. The Morgan fingerprint density at radius 2 is 1.82 bits per heavy atom. The first-order valence-corrected chi connectivity index (χ1v) is 12.5. The summed E-state index contributed by atoms with van der Waals surface area (Å²) < 4.78 is 18.0.